The molecule has 0 aliphatic carbocycles. The highest BCUT2D eigenvalue weighted by Crippen LogP contribution is 2.22. The van der Waals surface area contributed by atoms with E-state index < -0.39 is 0 Å². The van der Waals surface area contributed by atoms with Gasteiger partial charge in [0.1, 0.15) is 5.75 Å². The SMILES string of the molecule is Cc1ccc(NC(=O)COc2ccc(Br)cc2C=NO)cc1. The summed E-state index contributed by atoms with van der Waals surface area (Å²) in [7, 11) is 0. The van der Waals surface area contributed by atoms with Gasteiger partial charge in [0, 0.05) is 15.7 Å². The molecule has 6 heteroatoms. The first-order chi connectivity index (χ1) is 10.6. The Balaban J connectivity index is 1.97. The van der Waals surface area contributed by atoms with E-state index in [0.29, 0.717) is 17.0 Å². The first-order valence-corrected chi connectivity index (χ1v) is 7.34. The van der Waals surface area contributed by atoms with Crippen LogP contribution in [0.3, 0.4) is 0 Å². The minimum Gasteiger partial charge on any atom is -0.483 e. The number of aryl methyl sites for hydroxylation is 1. The predicted molar refractivity (Wildman–Crippen MR) is 88.8 cm³/mol. The lowest BCUT2D eigenvalue weighted by molar-refractivity contribution is -0.118. The van der Waals surface area contributed by atoms with Gasteiger partial charge in [0.2, 0.25) is 0 Å². The third-order valence-electron chi connectivity index (χ3n) is 2.86. The van der Waals surface area contributed by atoms with Crippen LogP contribution in [0.5, 0.6) is 5.75 Å². The number of rotatable bonds is 5. The van der Waals surface area contributed by atoms with Crippen LogP contribution < -0.4 is 10.1 Å². The van der Waals surface area contributed by atoms with Crippen LogP contribution in [-0.2, 0) is 4.79 Å². The van der Waals surface area contributed by atoms with Crippen LogP contribution in [0.15, 0.2) is 52.1 Å². The number of amides is 1. The Labute approximate surface area is 136 Å². The highest BCUT2D eigenvalue weighted by atomic mass is 79.9. The molecular formula is C16H15BrN2O3. The number of carbonyl (C=O) groups is 1. The van der Waals surface area contributed by atoms with Gasteiger partial charge >= 0.3 is 0 Å². The molecule has 2 aromatic carbocycles. The van der Waals surface area contributed by atoms with E-state index in [1.54, 1.807) is 18.2 Å². The van der Waals surface area contributed by atoms with E-state index >= 15 is 0 Å². The largest absolute Gasteiger partial charge is 0.483 e. The second kappa shape index (κ2) is 7.61. The third kappa shape index (κ3) is 4.60. The van der Waals surface area contributed by atoms with E-state index in [9.17, 15) is 4.79 Å². The van der Waals surface area contributed by atoms with Crippen LogP contribution in [0.4, 0.5) is 5.69 Å². The van der Waals surface area contributed by atoms with E-state index in [2.05, 4.69) is 26.4 Å². The molecule has 0 aromatic heterocycles. The van der Waals surface area contributed by atoms with Gasteiger partial charge in [-0.25, -0.2) is 0 Å². The summed E-state index contributed by atoms with van der Waals surface area (Å²) in [6.07, 6.45) is 1.25. The number of ether oxygens (including phenoxy) is 1. The molecule has 114 valence electrons. The van der Waals surface area contributed by atoms with Gasteiger partial charge in [-0.3, -0.25) is 4.79 Å². The Morgan fingerprint density at radius 3 is 2.73 bits per heavy atom. The molecule has 2 N–H and O–H groups in total. The topological polar surface area (TPSA) is 70.9 Å². The van der Waals surface area contributed by atoms with Gasteiger partial charge in [0.25, 0.3) is 5.91 Å². The molecule has 0 aliphatic rings. The fourth-order valence-corrected chi connectivity index (χ4v) is 2.17. The quantitative estimate of drug-likeness (QED) is 0.485. The van der Waals surface area contributed by atoms with Crippen molar-refractivity contribution in [3.63, 3.8) is 0 Å². The standard InChI is InChI=1S/C16H15BrN2O3/c1-11-2-5-14(6-3-11)19-16(20)10-22-15-7-4-13(17)8-12(15)9-18-21/h2-9,21H,10H2,1H3,(H,19,20). The lowest BCUT2D eigenvalue weighted by atomic mass is 10.2. The van der Waals surface area contributed by atoms with Crippen molar-refractivity contribution in [2.75, 3.05) is 11.9 Å². The maximum absolute atomic E-state index is 11.9. The number of nitrogens with one attached hydrogen (secondary N) is 1. The van der Waals surface area contributed by atoms with Gasteiger partial charge in [-0.1, -0.05) is 38.8 Å². The van der Waals surface area contributed by atoms with Crippen molar-refractivity contribution in [1.82, 2.24) is 0 Å². The molecule has 0 unspecified atom stereocenters. The van der Waals surface area contributed by atoms with Crippen molar-refractivity contribution >= 4 is 33.7 Å². The molecule has 5 nitrogen and oxygen atoms in total. The number of nitrogens with zero attached hydrogens (tertiary/aromatic N) is 1. The molecule has 2 rings (SSSR count). The lowest BCUT2D eigenvalue weighted by Gasteiger charge is -2.10. The molecule has 0 atom stereocenters. The smallest absolute Gasteiger partial charge is 0.262 e. The molecule has 0 saturated carbocycles. The molecule has 22 heavy (non-hydrogen) atoms. The van der Waals surface area contributed by atoms with Crippen LogP contribution in [0, 0.1) is 6.92 Å². The fraction of sp³-hybridized carbons (Fsp3) is 0.125. The summed E-state index contributed by atoms with van der Waals surface area (Å²) in [5, 5.41) is 14.4. The number of halogens is 1. The van der Waals surface area contributed by atoms with Gasteiger partial charge in [-0.05, 0) is 37.3 Å². The van der Waals surface area contributed by atoms with E-state index in [-0.39, 0.29) is 12.5 Å². The number of hydrogen-bond donors (Lipinski definition) is 2. The maximum Gasteiger partial charge on any atom is 0.262 e. The summed E-state index contributed by atoms with van der Waals surface area (Å²) in [4.78, 5) is 11.9. The molecule has 2 aromatic rings. The Kier molecular flexibility index (Phi) is 5.55. The molecule has 0 aliphatic heterocycles. The van der Waals surface area contributed by atoms with Crippen molar-refractivity contribution in [1.29, 1.82) is 0 Å². The fourth-order valence-electron chi connectivity index (χ4n) is 1.79. The zero-order valence-corrected chi connectivity index (χ0v) is 13.5. The molecule has 0 fully saturated rings. The lowest BCUT2D eigenvalue weighted by Crippen LogP contribution is -2.20. The van der Waals surface area contributed by atoms with E-state index in [1.807, 2.05) is 31.2 Å². The first kappa shape index (κ1) is 16.0. The highest BCUT2D eigenvalue weighted by Gasteiger charge is 2.07. The average Bonchev–Trinajstić information content (AvgIpc) is 2.49. The van der Waals surface area contributed by atoms with Crippen molar-refractivity contribution in [2.45, 2.75) is 6.92 Å². The van der Waals surface area contributed by atoms with Crippen molar-refractivity contribution in [2.24, 2.45) is 5.16 Å². The van der Waals surface area contributed by atoms with Crippen molar-refractivity contribution < 1.29 is 14.7 Å². The number of oxime groups is 1. The Hall–Kier alpha value is -2.34. The molecule has 0 bridgehead atoms. The average molecular weight is 363 g/mol. The van der Waals surface area contributed by atoms with Gasteiger partial charge < -0.3 is 15.3 Å². The van der Waals surface area contributed by atoms with Crippen LogP contribution >= 0.6 is 15.9 Å². The minimum absolute atomic E-state index is 0.137. The summed E-state index contributed by atoms with van der Waals surface area (Å²) in [6, 6.07) is 12.7. The summed E-state index contributed by atoms with van der Waals surface area (Å²) in [5.74, 6) is 0.193. The van der Waals surface area contributed by atoms with Gasteiger partial charge in [-0.2, -0.15) is 0 Å². The van der Waals surface area contributed by atoms with Crippen LogP contribution in [0.1, 0.15) is 11.1 Å². The third-order valence-corrected chi connectivity index (χ3v) is 3.36. The number of hydrogen-bond acceptors (Lipinski definition) is 4. The Morgan fingerprint density at radius 2 is 2.05 bits per heavy atom. The van der Waals surface area contributed by atoms with E-state index in [4.69, 9.17) is 9.94 Å². The van der Waals surface area contributed by atoms with Gasteiger partial charge in [-0.15, -0.1) is 0 Å². The number of anilines is 1. The second-order valence-electron chi connectivity index (χ2n) is 4.63. The molecule has 0 radical (unpaired) electrons. The zero-order valence-electron chi connectivity index (χ0n) is 11.9. The molecule has 0 heterocycles. The monoisotopic (exact) mass is 362 g/mol. The molecule has 0 saturated heterocycles. The Morgan fingerprint density at radius 1 is 1.32 bits per heavy atom. The van der Waals surface area contributed by atoms with E-state index in [0.717, 1.165) is 10.0 Å². The normalized spacial score (nSPS) is 10.6. The van der Waals surface area contributed by atoms with Gasteiger partial charge in [0.15, 0.2) is 6.61 Å². The van der Waals surface area contributed by atoms with Gasteiger partial charge in [0.05, 0.1) is 6.21 Å². The van der Waals surface area contributed by atoms with Crippen LogP contribution in [-0.4, -0.2) is 23.9 Å². The summed E-state index contributed by atoms with van der Waals surface area (Å²) in [6.45, 7) is 1.84. The van der Waals surface area contributed by atoms with E-state index in [1.165, 1.54) is 6.21 Å². The molecule has 0 spiro atoms. The summed E-state index contributed by atoms with van der Waals surface area (Å²) in [5.41, 5.74) is 2.41. The van der Waals surface area contributed by atoms with Crippen LogP contribution in [0.2, 0.25) is 0 Å². The minimum atomic E-state index is -0.265. The molecule has 1 amide bonds. The van der Waals surface area contributed by atoms with Crippen molar-refractivity contribution in [3.05, 3.63) is 58.1 Å². The second-order valence-corrected chi connectivity index (χ2v) is 5.55. The first-order valence-electron chi connectivity index (χ1n) is 6.55. The highest BCUT2D eigenvalue weighted by molar-refractivity contribution is 9.10. The summed E-state index contributed by atoms with van der Waals surface area (Å²) < 4.78 is 6.29. The number of benzene rings is 2. The summed E-state index contributed by atoms with van der Waals surface area (Å²) >= 11 is 3.32. The van der Waals surface area contributed by atoms with Crippen LogP contribution in [0.25, 0.3) is 0 Å². The predicted octanol–water partition coefficient (Wildman–Crippen LogP) is 3.58. The Bertz CT molecular complexity index is 684. The molecular weight excluding hydrogens is 348 g/mol. The van der Waals surface area contributed by atoms with Crippen molar-refractivity contribution in [3.8, 4) is 5.75 Å². The maximum atomic E-state index is 11.9. The zero-order chi connectivity index (χ0) is 15.9. The number of carbonyl (C=O) groups excluding carboxylic acids is 1.